The number of nitrogens with one attached hydrogen (secondary N) is 1. The minimum absolute atomic E-state index is 0.0781. The number of rotatable bonds is 7. The zero-order valence-corrected chi connectivity index (χ0v) is 32.4. The Hall–Kier alpha value is -4.13. The van der Waals surface area contributed by atoms with E-state index in [-0.39, 0.29) is 34.7 Å². The summed E-state index contributed by atoms with van der Waals surface area (Å²) in [6.45, 7) is 14.9. The second-order valence-corrected chi connectivity index (χ2v) is 18.0. The smallest absolute Gasteiger partial charge is 0.238 e. The number of anilines is 3. The Labute approximate surface area is 320 Å². The number of hydrogen-bond acceptors (Lipinski definition) is 8. The topological polar surface area (TPSA) is 109 Å². The fourth-order valence-corrected chi connectivity index (χ4v) is 9.62. The van der Waals surface area contributed by atoms with Crippen LogP contribution < -0.4 is 10.2 Å². The molecule has 4 aliphatic heterocycles. The van der Waals surface area contributed by atoms with Crippen molar-refractivity contribution in [3.63, 3.8) is 0 Å². The van der Waals surface area contributed by atoms with Crippen molar-refractivity contribution in [3.05, 3.63) is 59.4 Å². The molecule has 0 unspecified atom stereocenters. The molecule has 1 aliphatic carbocycles. The van der Waals surface area contributed by atoms with Crippen molar-refractivity contribution in [2.75, 3.05) is 49.6 Å². The number of pyridine rings is 2. The van der Waals surface area contributed by atoms with Crippen LogP contribution in [0.1, 0.15) is 78.3 Å². The van der Waals surface area contributed by atoms with Crippen molar-refractivity contribution in [3.8, 4) is 11.3 Å². The van der Waals surface area contributed by atoms with Gasteiger partial charge in [-0.15, -0.1) is 0 Å². The number of imidazole rings is 1. The lowest BCUT2D eigenvalue weighted by Crippen LogP contribution is -2.59. The molecule has 3 aromatic heterocycles. The number of aromatic nitrogens is 4. The van der Waals surface area contributed by atoms with Crippen molar-refractivity contribution >= 4 is 51.6 Å². The molecule has 1 N–H and O–H groups in total. The maximum absolute atomic E-state index is 15.0. The summed E-state index contributed by atoms with van der Waals surface area (Å²) in [6, 6.07) is 10.3. The van der Waals surface area contributed by atoms with Crippen LogP contribution in [0.15, 0.2) is 42.9 Å². The first-order valence-electron chi connectivity index (χ1n) is 19.3. The quantitative estimate of drug-likeness (QED) is 0.199. The second kappa shape index (κ2) is 12.7. The largest absolute Gasteiger partial charge is 0.379 e. The summed E-state index contributed by atoms with van der Waals surface area (Å²) in [4.78, 5) is 48.8. The van der Waals surface area contributed by atoms with Crippen LogP contribution in [0.3, 0.4) is 0 Å². The van der Waals surface area contributed by atoms with Crippen molar-refractivity contribution in [2.45, 2.75) is 90.3 Å². The molecule has 7 heterocycles. The van der Waals surface area contributed by atoms with Crippen molar-refractivity contribution in [2.24, 2.45) is 10.8 Å². The molecule has 0 atom stereocenters. The third-order valence-electron chi connectivity index (χ3n) is 12.8. The lowest BCUT2D eigenvalue weighted by molar-refractivity contribution is -0.170. The molecule has 4 fully saturated rings. The molecule has 2 amide bonds. The SMILES string of the molecule is CC(C)n1cnc2cc(-c3ccc4c(c3)N(C3CC(N5CCC(C)(C)C5)C3)C(=O)C43CCN(C(=O)C4(C)COC4)CC3)nc(Nc3cc(Cl)ncc3F)c21. The van der Waals surface area contributed by atoms with E-state index in [0.717, 1.165) is 54.5 Å². The number of carbonyl (C=O) groups is 2. The highest BCUT2D eigenvalue weighted by atomic mass is 35.5. The number of carbonyl (C=O) groups excluding carboxylic acids is 2. The van der Waals surface area contributed by atoms with Gasteiger partial charge < -0.3 is 24.4 Å². The molecule has 5 aliphatic rings. The molecule has 9 rings (SSSR count). The number of likely N-dealkylation sites (tertiary alicyclic amines) is 2. The summed E-state index contributed by atoms with van der Waals surface area (Å²) in [6.07, 6.45) is 7.10. The second-order valence-electron chi connectivity index (χ2n) is 17.6. The van der Waals surface area contributed by atoms with E-state index >= 15 is 0 Å². The Morgan fingerprint density at radius 2 is 1.78 bits per heavy atom. The van der Waals surface area contributed by atoms with E-state index < -0.39 is 16.6 Å². The molecule has 4 aromatic rings. The van der Waals surface area contributed by atoms with Gasteiger partial charge in [0.2, 0.25) is 11.8 Å². The average Bonchev–Trinajstić information content (AvgIpc) is 3.77. The van der Waals surface area contributed by atoms with E-state index in [1.165, 1.54) is 12.5 Å². The monoisotopic (exact) mass is 754 g/mol. The maximum Gasteiger partial charge on any atom is 0.238 e. The lowest BCUT2D eigenvalue weighted by atomic mass is 9.72. The third-order valence-corrected chi connectivity index (χ3v) is 13.0. The predicted octanol–water partition coefficient (Wildman–Crippen LogP) is 7.12. The molecule has 284 valence electrons. The van der Waals surface area contributed by atoms with E-state index in [1.807, 2.05) is 28.5 Å². The van der Waals surface area contributed by atoms with Gasteiger partial charge in [0.15, 0.2) is 11.6 Å². The van der Waals surface area contributed by atoms with Gasteiger partial charge in [-0.3, -0.25) is 14.5 Å². The van der Waals surface area contributed by atoms with Gasteiger partial charge in [0.1, 0.15) is 10.7 Å². The molecule has 13 heteroatoms. The average molecular weight is 755 g/mol. The summed E-state index contributed by atoms with van der Waals surface area (Å²) in [5.74, 6) is 0.164. The fourth-order valence-electron chi connectivity index (χ4n) is 9.46. The number of amides is 2. The first-order chi connectivity index (χ1) is 25.7. The van der Waals surface area contributed by atoms with Crippen LogP contribution in [0.5, 0.6) is 0 Å². The standard InChI is InChI=1S/C41H48ClFN8O3/c1-24(2)50-23-45-32-17-30(46-36(35(32)50)47-31-18-34(42)44-19-29(31)43)25-6-7-28-33(14-25)51(27-15-26(16-27)49-11-8-39(3,4)20-49)38(53)41(28)9-12-48(13-10-41)37(52)40(5)21-54-22-40/h6-7,14,17-19,23-24,26-27H,8-13,15-16,20-22H2,1-5H3,(H,44,46,47). The first kappa shape index (κ1) is 35.6. The van der Waals surface area contributed by atoms with Crippen molar-refractivity contribution in [1.82, 2.24) is 29.3 Å². The normalized spacial score (nSPS) is 24.3. The fraction of sp³-hybridized carbons (Fsp3) is 0.537. The Bertz CT molecular complexity index is 2170. The molecule has 54 heavy (non-hydrogen) atoms. The molecule has 0 radical (unpaired) electrons. The molecule has 0 bridgehead atoms. The van der Waals surface area contributed by atoms with Gasteiger partial charge in [0, 0.05) is 55.1 Å². The summed E-state index contributed by atoms with van der Waals surface area (Å²) in [5, 5.41) is 3.35. The van der Waals surface area contributed by atoms with Crippen LogP contribution in [0.4, 0.5) is 21.6 Å². The van der Waals surface area contributed by atoms with E-state index in [4.69, 9.17) is 26.3 Å². The molecule has 11 nitrogen and oxygen atoms in total. The Morgan fingerprint density at radius 1 is 1.02 bits per heavy atom. The Kier molecular flexibility index (Phi) is 8.37. The summed E-state index contributed by atoms with van der Waals surface area (Å²) in [7, 11) is 0. The van der Waals surface area contributed by atoms with Gasteiger partial charge in [0.25, 0.3) is 0 Å². The highest BCUT2D eigenvalue weighted by Gasteiger charge is 2.57. The van der Waals surface area contributed by atoms with Crippen LogP contribution in [-0.2, 0) is 19.7 Å². The molecule has 1 aromatic carbocycles. The van der Waals surface area contributed by atoms with Crippen LogP contribution in [0, 0.1) is 16.6 Å². The number of nitrogens with zero attached hydrogens (tertiary/aromatic N) is 7. The first-order valence-corrected chi connectivity index (χ1v) is 19.7. The van der Waals surface area contributed by atoms with E-state index in [9.17, 15) is 14.0 Å². The molecular formula is C41H48ClFN8O3. The minimum atomic E-state index is -0.694. The van der Waals surface area contributed by atoms with Gasteiger partial charge in [-0.2, -0.15) is 0 Å². The van der Waals surface area contributed by atoms with E-state index in [1.54, 1.807) is 6.33 Å². The summed E-state index contributed by atoms with van der Waals surface area (Å²) < 4.78 is 22.4. The van der Waals surface area contributed by atoms with Crippen LogP contribution >= 0.6 is 11.6 Å². The minimum Gasteiger partial charge on any atom is -0.379 e. The zero-order valence-electron chi connectivity index (χ0n) is 31.7. The number of piperidine rings is 1. The molecular weight excluding hydrogens is 707 g/mol. The van der Waals surface area contributed by atoms with Crippen LogP contribution in [0.2, 0.25) is 5.15 Å². The summed E-state index contributed by atoms with van der Waals surface area (Å²) in [5.41, 5.74) is 4.21. The Balaban J connectivity index is 1.09. The van der Waals surface area contributed by atoms with Crippen molar-refractivity contribution < 1.29 is 18.7 Å². The van der Waals surface area contributed by atoms with Crippen LogP contribution in [-0.4, -0.2) is 92.6 Å². The van der Waals surface area contributed by atoms with E-state index in [0.29, 0.717) is 67.6 Å². The summed E-state index contributed by atoms with van der Waals surface area (Å²) >= 11 is 6.17. The van der Waals surface area contributed by atoms with Gasteiger partial charge in [0.05, 0.1) is 53.5 Å². The highest BCUT2D eigenvalue weighted by Crippen LogP contribution is 2.53. The number of fused-ring (bicyclic) bond motifs is 3. The maximum atomic E-state index is 15.0. The molecule has 3 saturated heterocycles. The Morgan fingerprint density at radius 3 is 2.44 bits per heavy atom. The third kappa shape index (κ3) is 5.70. The van der Waals surface area contributed by atoms with Gasteiger partial charge >= 0.3 is 0 Å². The van der Waals surface area contributed by atoms with Gasteiger partial charge in [-0.25, -0.2) is 19.3 Å². The van der Waals surface area contributed by atoms with E-state index in [2.05, 4.69) is 59.9 Å². The number of halogens is 2. The molecule has 1 saturated carbocycles. The zero-order chi connectivity index (χ0) is 37.7. The predicted molar refractivity (Wildman–Crippen MR) is 207 cm³/mol. The number of benzene rings is 1. The van der Waals surface area contributed by atoms with Gasteiger partial charge in [-0.05, 0) is 82.5 Å². The van der Waals surface area contributed by atoms with Crippen molar-refractivity contribution in [1.29, 1.82) is 0 Å². The van der Waals surface area contributed by atoms with Crippen LogP contribution in [0.25, 0.3) is 22.3 Å². The number of ether oxygens (including phenoxy) is 1. The molecule has 1 spiro atoms. The van der Waals surface area contributed by atoms with Gasteiger partial charge in [-0.1, -0.05) is 37.6 Å². The highest BCUT2D eigenvalue weighted by molar-refractivity contribution is 6.29. The number of hydrogen-bond donors (Lipinski definition) is 1. The lowest BCUT2D eigenvalue weighted by Gasteiger charge is -2.47.